The molecule has 0 amide bonds. The Morgan fingerprint density at radius 2 is 0.839 bits per heavy atom. The number of nitrogens with one attached hydrogen (secondary N) is 3. The molecule has 0 saturated carbocycles. The summed E-state index contributed by atoms with van der Waals surface area (Å²) in [5, 5.41) is 10.4. The molecule has 31 heavy (non-hydrogen) atoms. The van der Waals surface area contributed by atoms with Crippen LogP contribution in [-0.2, 0) is 22.6 Å². The van der Waals surface area contributed by atoms with Crippen molar-refractivity contribution >= 4 is 0 Å². The molecule has 7 nitrogen and oxygen atoms in total. The molecule has 2 aromatic rings. The van der Waals surface area contributed by atoms with E-state index in [2.05, 4.69) is 40.2 Å². The van der Waals surface area contributed by atoms with Crippen molar-refractivity contribution in [2.75, 3.05) is 65.8 Å². The monoisotopic (exact) mass is 429 g/mol. The maximum Gasteiger partial charge on any atom is 0.119 e. The van der Waals surface area contributed by atoms with E-state index >= 15 is 0 Å². The normalized spacial score (nSPS) is 18.6. The lowest BCUT2D eigenvalue weighted by molar-refractivity contribution is 0.0273. The zero-order valence-corrected chi connectivity index (χ0v) is 18.2. The lowest BCUT2D eigenvalue weighted by Crippen LogP contribution is -2.32. The van der Waals surface area contributed by atoms with E-state index in [9.17, 15) is 0 Å². The quantitative estimate of drug-likeness (QED) is 0.591. The van der Waals surface area contributed by atoms with Crippen LogP contribution < -0.4 is 25.4 Å². The first-order valence-corrected chi connectivity index (χ1v) is 11.1. The number of rotatable bonds is 0. The third kappa shape index (κ3) is 10.1. The zero-order valence-electron chi connectivity index (χ0n) is 18.2. The van der Waals surface area contributed by atoms with Gasteiger partial charge in [0, 0.05) is 39.3 Å². The van der Waals surface area contributed by atoms with Crippen molar-refractivity contribution in [1.82, 2.24) is 16.0 Å². The number of hydrogen-bond acceptors (Lipinski definition) is 7. The van der Waals surface area contributed by atoms with Crippen LogP contribution in [0, 0.1) is 0 Å². The lowest BCUT2D eigenvalue weighted by Gasteiger charge is -2.10. The predicted molar refractivity (Wildman–Crippen MR) is 122 cm³/mol. The van der Waals surface area contributed by atoms with Gasteiger partial charge in [-0.1, -0.05) is 24.3 Å². The van der Waals surface area contributed by atoms with Gasteiger partial charge in [-0.25, -0.2) is 0 Å². The molecule has 170 valence electrons. The predicted octanol–water partition coefficient (Wildman–Crippen LogP) is 1.96. The summed E-state index contributed by atoms with van der Waals surface area (Å²) in [5.74, 6) is 1.72. The molecule has 7 heteroatoms. The molecule has 0 unspecified atom stereocenters. The number of benzene rings is 2. The van der Waals surface area contributed by atoms with Gasteiger partial charge in [-0.2, -0.15) is 0 Å². The maximum absolute atomic E-state index is 5.72. The lowest BCUT2D eigenvalue weighted by atomic mass is 10.2. The average molecular weight is 430 g/mol. The molecule has 0 saturated heterocycles. The molecule has 2 aromatic carbocycles. The van der Waals surface area contributed by atoms with Crippen molar-refractivity contribution < 1.29 is 18.9 Å². The first-order chi connectivity index (χ1) is 15.4. The van der Waals surface area contributed by atoms with Crippen LogP contribution in [-0.4, -0.2) is 65.8 Å². The summed E-state index contributed by atoms with van der Waals surface area (Å²) in [6.07, 6.45) is 0. The second kappa shape index (κ2) is 14.8. The van der Waals surface area contributed by atoms with E-state index in [1.165, 1.54) is 11.1 Å². The molecule has 4 heterocycles. The SMILES string of the molecule is c1cc2ccc1CNCCNCCNCc1ccc(cc1)OCCOCCOCCO2. The Bertz CT molecular complexity index is 648. The summed E-state index contributed by atoms with van der Waals surface area (Å²) >= 11 is 0. The Kier molecular flexibility index (Phi) is 11.2. The van der Waals surface area contributed by atoms with E-state index in [0.29, 0.717) is 39.6 Å². The summed E-state index contributed by atoms with van der Waals surface area (Å²) in [6.45, 7) is 8.67. The first kappa shape index (κ1) is 23.5. The third-order valence-electron chi connectivity index (χ3n) is 4.83. The molecule has 0 radical (unpaired) electrons. The van der Waals surface area contributed by atoms with Crippen LogP contribution in [0.3, 0.4) is 0 Å². The highest BCUT2D eigenvalue weighted by atomic mass is 16.6. The van der Waals surface area contributed by atoms with Crippen molar-refractivity contribution in [3.8, 4) is 11.5 Å². The van der Waals surface area contributed by atoms with E-state index in [-0.39, 0.29) is 0 Å². The molecule has 0 atom stereocenters. The van der Waals surface area contributed by atoms with E-state index in [4.69, 9.17) is 18.9 Å². The fraction of sp³-hybridized carbons (Fsp3) is 0.500. The minimum atomic E-state index is 0.525. The molecule has 6 rings (SSSR count). The summed E-state index contributed by atoms with van der Waals surface area (Å²) in [4.78, 5) is 0. The van der Waals surface area contributed by atoms with Crippen LogP contribution >= 0.6 is 0 Å². The number of ether oxygens (including phenoxy) is 4. The smallest absolute Gasteiger partial charge is 0.119 e. The van der Waals surface area contributed by atoms with Gasteiger partial charge in [0.15, 0.2) is 0 Å². The van der Waals surface area contributed by atoms with Gasteiger partial charge in [-0.15, -0.1) is 0 Å². The molecule has 0 aromatic heterocycles. The molecule has 4 bridgehead atoms. The summed E-state index contributed by atoms with van der Waals surface area (Å²) in [5.41, 5.74) is 2.49. The molecule has 0 aliphatic carbocycles. The van der Waals surface area contributed by atoms with E-state index < -0.39 is 0 Å². The van der Waals surface area contributed by atoms with Gasteiger partial charge in [-0.05, 0) is 35.4 Å². The Hall–Kier alpha value is -2.16. The summed E-state index contributed by atoms with van der Waals surface area (Å²) in [6, 6.07) is 16.4. The topological polar surface area (TPSA) is 73.0 Å². The highest BCUT2D eigenvalue weighted by molar-refractivity contribution is 5.28. The van der Waals surface area contributed by atoms with Crippen LogP contribution in [0.1, 0.15) is 11.1 Å². The Labute approximate surface area is 185 Å². The Morgan fingerprint density at radius 3 is 1.29 bits per heavy atom. The highest BCUT2D eigenvalue weighted by Gasteiger charge is 1.99. The van der Waals surface area contributed by atoms with E-state index in [1.807, 2.05) is 24.3 Å². The Balaban J connectivity index is 1.40. The van der Waals surface area contributed by atoms with Crippen molar-refractivity contribution in [3.63, 3.8) is 0 Å². The fourth-order valence-electron chi connectivity index (χ4n) is 3.11. The van der Waals surface area contributed by atoms with Gasteiger partial charge in [0.05, 0.1) is 26.4 Å². The van der Waals surface area contributed by atoms with Crippen molar-refractivity contribution in [2.45, 2.75) is 13.1 Å². The largest absolute Gasteiger partial charge is 0.491 e. The van der Waals surface area contributed by atoms with Crippen molar-refractivity contribution in [3.05, 3.63) is 59.7 Å². The van der Waals surface area contributed by atoms with Gasteiger partial charge in [0.1, 0.15) is 24.7 Å². The molecule has 4 aliphatic rings. The van der Waals surface area contributed by atoms with Gasteiger partial charge in [-0.3, -0.25) is 0 Å². The van der Waals surface area contributed by atoms with E-state index in [1.54, 1.807) is 0 Å². The summed E-state index contributed by atoms with van der Waals surface area (Å²) < 4.78 is 22.5. The average Bonchev–Trinajstić information content (AvgIpc) is 2.80. The van der Waals surface area contributed by atoms with Crippen LogP contribution in [0.15, 0.2) is 48.5 Å². The zero-order chi connectivity index (χ0) is 21.4. The highest BCUT2D eigenvalue weighted by Crippen LogP contribution is 2.13. The molecule has 0 spiro atoms. The fourth-order valence-corrected chi connectivity index (χ4v) is 3.11. The minimum Gasteiger partial charge on any atom is -0.491 e. The molecular weight excluding hydrogens is 394 g/mol. The second-order valence-electron chi connectivity index (χ2n) is 7.31. The van der Waals surface area contributed by atoms with Crippen molar-refractivity contribution in [2.24, 2.45) is 0 Å². The second-order valence-corrected chi connectivity index (χ2v) is 7.31. The minimum absolute atomic E-state index is 0.525. The van der Waals surface area contributed by atoms with Crippen molar-refractivity contribution in [1.29, 1.82) is 0 Å². The first-order valence-electron chi connectivity index (χ1n) is 11.1. The Morgan fingerprint density at radius 1 is 0.452 bits per heavy atom. The third-order valence-corrected chi connectivity index (χ3v) is 4.83. The standard InChI is InChI=1S/C24H35N3O4/c1-5-23-6-2-21(1)19-26-11-9-25-10-12-27-20-22-3-7-24(8-4-22)31-18-16-29-14-13-28-15-17-30-23/h1-8,25-27H,9-20H2. The molecular formula is C24H35N3O4. The summed E-state index contributed by atoms with van der Waals surface area (Å²) in [7, 11) is 0. The van der Waals surface area contributed by atoms with Crippen LogP contribution in [0.4, 0.5) is 0 Å². The molecule has 0 fully saturated rings. The van der Waals surface area contributed by atoms with Crippen LogP contribution in [0.5, 0.6) is 11.5 Å². The maximum atomic E-state index is 5.72. The van der Waals surface area contributed by atoms with Gasteiger partial charge < -0.3 is 34.9 Å². The number of hydrogen-bond donors (Lipinski definition) is 3. The van der Waals surface area contributed by atoms with E-state index in [0.717, 1.165) is 50.8 Å². The van der Waals surface area contributed by atoms with Crippen LogP contribution in [0.2, 0.25) is 0 Å². The molecule has 4 aliphatic heterocycles. The van der Waals surface area contributed by atoms with Gasteiger partial charge in [0.2, 0.25) is 0 Å². The van der Waals surface area contributed by atoms with Crippen LogP contribution in [0.25, 0.3) is 0 Å². The van der Waals surface area contributed by atoms with Gasteiger partial charge >= 0.3 is 0 Å². The van der Waals surface area contributed by atoms with Gasteiger partial charge in [0.25, 0.3) is 0 Å². The molecule has 3 N–H and O–H groups in total.